The van der Waals surface area contributed by atoms with Gasteiger partial charge in [-0.05, 0) is 44.2 Å². The highest BCUT2D eigenvalue weighted by Crippen LogP contribution is 2.30. The predicted octanol–water partition coefficient (Wildman–Crippen LogP) is 2.74. The lowest BCUT2D eigenvalue weighted by Gasteiger charge is -2.33. The lowest BCUT2D eigenvalue weighted by Crippen LogP contribution is -2.47. The van der Waals surface area contributed by atoms with Gasteiger partial charge in [0.15, 0.2) is 0 Å². The SMILES string of the molecule is COCCCn1c([C@@H]2CCCN(C(=O)C[C@@H](N)CNC(=O)NC3CCCC3)C2)nc2ccccc21. The second-order valence-electron chi connectivity index (χ2n) is 9.94. The summed E-state index contributed by atoms with van der Waals surface area (Å²) in [6.07, 6.45) is 7.48. The smallest absolute Gasteiger partial charge is 0.315 e. The number of nitrogens with one attached hydrogen (secondary N) is 2. The van der Waals surface area contributed by atoms with E-state index in [-0.39, 0.29) is 36.9 Å². The van der Waals surface area contributed by atoms with Crippen molar-refractivity contribution in [2.45, 2.75) is 75.9 Å². The molecule has 2 fully saturated rings. The Balaban J connectivity index is 1.32. The molecule has 2 atom stereocenters. The van der Waals surface area contributed by atoms with Crippen molar-refractivity contribution < 1.29 is 14.3 Å². The molecule has 1 aromatic carbocycles. The Morgan fingerprint density at radius 3 is 2.80 bits per heavy atom. The number of ether oxygens (including phenoxy) is 1. The third kappa shape index (κ3) is 6.73. The fourth-order valence-electron chi connectivity index (χ4n) is 5.38. The largest absolute Gasteiger partial charge is 0.385 e. The number of rotatable bonds is 10. The summed E-state index contributed by atoms with van der Waals surface area (Å²) in [4.78, 5) is 32.0. The molecule has 192 valence electrons. The zero-order chi connectivity index (χ0) is 24.6. The molecule has 9 heteroatoms. The summed E-state index contributed by atoms with van der Waals surface area (Å²) in [6, 6.07) is 7.88. The maximum atomic E-state index is 13.1. The Morgan fingerprint density at radius 2 is 2.00 bits per heavy atom. The van der Waals surface area contributed by atoms with Gasteiger partial charge in [-0.3, -0.25) is 4.79 Å². The van der Waals surface area contributed by atoms with Gasteiger partial charge in [-0.15, -0.1) is 0 Å². The first-order valence-electron chi connectivity index (χ1n) is 13.1. The van der Waals surface area contributed by atoms with Crippen LogP contribution >= 0.6 is 0 Å². The highest BCUT2D eigenvalue weighted by atomic mass is 16.5. The first-order chi connectivity index (χ1) is 17.0. The van der Waals surface area contributed by atoms with Crippen molar-refractivity contribution in [2.75, 3.05) is 33.4 Å². The van der Waals surface area contributed by atoms with E-state index in [9.17, 15) is 9.59 Å². The summed E-state index contributed by atoms with van der Waals surface area (Å²) in [6.45, 7) is 3.21. The lowest BCUT2D eigenvalue weighted by atomic mass is 9.96. The summed E-state index contributed by atoms with van der Waals surface area (Å²) in [5.74, 6) is 1.28. The van der Waals surface area contributed by atoms with Crippen molar-refractivity contribution in [1.82, 2.24) is 25.1 Å². The summed E-state index contributed by atoms with van der Waals surface area (Å²) >= 11 is 0. The first kappa shape index (κ1) is 25.4. The van der Waals surface area contributed by atoms with Crippen molar-refractivity contribution in [1.29, 1.82) is 0 Å². The number of aryl methyl sites for hydroxylation is 1. The van der Waals surface area contributed by atoms with Crippen LogP contribution in [0.1, 0.15) is 63.1 Å². The van der Waals surface area contributed by atoms with Gasteiger partial charge in [0, 0.05) is 64.3 Å². The normalized spacial score (nSPS) is 19.7. The van der Waals surface area contributed by atoms with Crippen molar-refractivity contribution in [3.63, 3.8) is 0 Å². The number of likely N-dealkylation sites (tertiary alicyclic amines) is 1. The molecule has 9 nitrogen and oxygen atoms in total. The van der Waals surface area contributed by atoms with E-state index < -0.39 is 6.04 Å². The minimum atomic E-state index is -0.407. The number of carbonyl (C=O) groups is 2. The molecule has 1 aliphatic carbocycles. The molecule has 4 rings (SSSR count). The summed E-state index contributed by atoms with van der Waals surface area (Å²) in [5.41, 5.74) is 8.33. The van der Waals surface area contributed by atoms with Crippen LogP contribution in [0, 0.1) is 0 Å². The number of hydrogen-bond donors (Lipinski definition) is 3. The van der Waals surface area contributed by atoms with Crippen LogP contribution in [0.15, 0.2) is 24.3 Å². The Labute approximate surface area is 207 Å². The molecular weight excluding hydrogens is 444 g/mol. The fourth-order valence-corrected chi connectivity index (χ4v) is 5.38. The van der Waals surface area contributed by atoms with Crippen LogP contribution in [-0.4, -0.2) is 71.8 Å². The van der Waals surface area contributed by atoms with Gasteiger partial charge in [-0.25, -0.2) is 9.78 Å². The van der Waals surface area contributed by atoms with Gasteiger partial charge in [0.05, 0.1) is 11.0 Å². The number of aromatic nitrogens is 2. The fraction of sp³-hybridized carbons (Fsp3) is 0.654. The van der Waals surface area contributed by atoms with Gasteiger partial charge in [-0.2, -0.15) is 0 Å². The van der Waals surface area contributed by atoms with E-state index in [2.05, 4.69) is 21.3 Å². The number of imidazole rings is 1. The van der Waals surface area contributed by atoms with Gasteiger partial charge in [0.2, 0.25) is 5.91 Å². The quantitative estimate of drug-likeness (QED) is 0.449. The average Bonchev–Trinajstić information content (AvgIpc) is 3.51. The molecule has 1 aliphatic heterocycles. The van der Waals surface area contributed by atoms with E-state index in [1.807, 2.05) is 23.1 Å². The minimum Gasteiger partial charge on any atom is -0.385 e. The molecular formula is C26H40N6O3. The Morgan fingerprint density at radius 1 is 1.20 bits per heavy atom. The van der Waals surface area contributed by atoms with Crippen LogP contribution in [-0.2, 0) is 16.1 Å². The first-order valence-corrected chi connectivity index (χ1v) is 13.1. The molecule has 3 amide bonds. The van der Waals surface area contributed by atoms with E-state index in [0.717, 1.165) is 62.1 Å². The van der Waals surface area contributed by atoms with Gasteiger partial charge in [-0.1, -0.05) is 25.0 Å². The second-order valence-corrected chi connectivity index (χ2v) is 9.94. The number of benzene rings is 1. The molecule has 35 heavy (non-hydrogen) atoms. The highest BCUT2D eigenvalue weighted by Gasteiger charge is 2.29. The number of nitrogens with two attached hydrogens (primary N) is 1. The second kappa shape index (κ2) is 12.4. The number of para-hydroxylation sites is 2. The summed E-state index contributed by atoms with van der Waals surface area (Å²) < 4.78 is 7.56. The van der Waals surface area contributed by atoms with Crippen molar-refractivity contribution in [3.05, 3.63) is 30.1 Å². The van der Waals surface area contributed by atoms with E-state index >= 15 is 0 Å². The van der Waals surface area contributed by atoms with Gasteiger partial charge in [0.1, 0.15) is 5.82 Å². The Kier molecular flexibility index (Phi) is 8.98. The Bertz CT molecular complexity index is 987. The molecule has 4 N–H and O–H groups in total. The number of hydrogen-bond acceptors (Lipinski definition) is 5. The number of methoxy groups -OCH3 is 1. The predicted molar refractivity (Wildman–Crippen MR) is 136 cm³/mol. The van der Waals surface area contributed by atoms with E-state index in [0.29, 0.717) is 13.2 Å². The van der Waals surface area contributed by atoms with E-state index in [4.69, 9.17) is 15.5 Å². The molecule has 1 saturated heterocycles. The third-order valence-electron chi connectivity index (χ3n) is 7.21. The number of carbonyl (C=O) groups excluding carboxylic acids is 2. The molecule has 2 aliphatic rings. The number of nitrogens with zero attached hydrogens (tertiary/aromatic N) is 3. The molecule has 2 aromatic rings. The third-order valence-corrected chi connectivity index (χ3v) is 7.21. The lowest BCUT2D eigenvalue weighted by molar-refractivity contribution is -0.132. The monoisotopic (exact) mass is 484 g/mol. The molecule has 0 spiro atoms. The van der Waals surface area contributed by atoms with Gasteiger partial charge < -0.3 is 30.6 Å². The minimum absolute atomic E-state index is 0.0437. The molecule has 1 aromatic heterocycles. The standard InChI is InChI=1S/C26H40N6O3/c1-35-15-7-14-32-23-12-5-4-11-22(23)30-25(32)19-8-6-13-31(18-19)24(33)16-20(27)17-28-26(34)29-21-9-2-3-10-21/h4-5,11-12,19-21H,2-3,6-10,13-18,27H2,1H3,(H2,28,29,34)/t19-,20-/m1/s1. The molecule has 0 radical (unpaired) electrons. The van der Waals surface area contributed by atoms with Crippen LogP contribution in [0.3, 0.4) is 0 Å². The zero-order valence-electron chi connectivity index (χ0n) is 20.9. The molecule has 2 heterocycles. The van der Waals surface area contributed by atoms with Crippen LogP contribution in [0.4, 0.5) is 4.79 Å². The number of amides is 3. The van der Waals surface area contributed by atoms with Crippen LogP contribution in [0.2, 0.25) is 0 Å². The van der Waals surface area contributed by atoms with E-state index in [1.54, 1.807) is 7.11 Å². The van der Waals surface area contributed by atoms with Gasteiger partial charge in [0.25, 0.3) is 0 Å². The average molecular weight is 485 g/mol. The number of fused-ring (bicyclic) bond motifs is 1. The summed E-state index contributed by atoms with van der Waals surface area (Å²) in [5, 5.41) is 5.82. The highest BCUT2D eigenvalue weighted by molar-refractivity contribution is 5.78. The van der Waals surface area contributed by atoms with E-state index in [1.165, 1.54) is 12.8 Å². The maximum absolute atomic E-state index is 13.1. The zero-order valence-corrected chi connectivity index (χ0v) is 20.9. The Hall–Kier alpha value is -2.65. The molecule has 0 bridgehead atoms. The van der Waals surface area contributed by atoms with Crippen molar-refractivity contribution in [3.8, 4) is 0 Å². The van der Waals surface area contributed by atoms with Crippen LogP contribution < -0.4 is 16.4 Å². The van der Waals surface area contributed by atoms with Crippen molar-refractivity contribution in [2.24, 2.45) is 5.73 Å². The summed E-state index contributed by atoms with van der Waals surface area (Å²) in [7, 11) is 1.72. The van der Waals surface area contributed by atoms with Crippen LogP contribution in [0.25, 0.3) is 11.0 Å². The molecule has 1 saturated carbocycles. The van der Waals surface area contributed by atoms with Gasteiger partial charge >= 0.3 is 6.03 Å². The molecule has 0 unspecified atom stereocenters. The maximum Gasteiger partial charge on any atom is 0.315 e. The number of urea groups is 1. The van der Waals surface area contributed by atoms with Crippen molar-refractivity contribution >= 4 is 23.0 Å². The topological polar surface area (TPSA) is 115 Å². The van der Waals surface area contributed by atoms with Crippen LogP contribution in [0.5, 0.6) is 0 Å². The number of piperidine rings is 1.